The molecule has 0 aromatic carbocycles. The van der Waals surface area contributed by atoms with Gasteiger partial charge in [0.2, 0.25) is 0 Å². The Labute approximate surface area is 98.0 Å². The first-order valence-corrected chi connectivity index (χ1v) is 8.35. The van der Waals surface area contributed by atoms with Gasteiger partial charge in [0.15, 0.2) is 0 Å². The monoisotopic (exact) mass is 310 g/mol. The van der Waals surface area contributed by atoms with Crippen LogP contribution >= 0.6 is 74.0 Å². The number of amides is 1. The zero-order valence-corrected chi connectivity index (χ0v) is 10.6. The SMILES string of the molecule is O=C(N=N[PH](Cl)(Cl)Cl)C(Cl)(Cl)Cl. The molecule has 0 saturated carbocycles. The van der Waals surface area contributed by atoms with Crippen LogP contribution in [0, 0.1) is 0 Å². The third-order valence-corrected chi connectivity index (χ3v) is 1.99. The van der Waals surface area contributed by atoms with E-state index in [9.17, 15) is 4.79 Å². The fourth-order valence-electron chi connectivity index (χ4n) is 0.159. The Kier molecular flexibility index (Phi) is 5.36. The van der Waals surface area contributed by atoms with E-state index in [1.165, 1.54) is 0 Å². The van der Waals surface area contributed by atoms with E-state index in [0.717, 1.165) is 0 Å². The Bertz CT molecular complexity index is 205. The molecule has 0 aliphatic carbocycles. The van der Waals surface area contributed by atoms with Crippen molar-refractivity contribution in [3.63, 3.8) is 0 Å². The van der Waals surface area contributed by atoms with Crippen LogP contribution in [0.1, 0.15) is 0 Å². The Balaban J connectivity index is 4.30. The van der Waals surface area contributed by atoms with Crippen molar-refractivity contribution in [3.8, 4) is 0 Å². The summed E-state index contributed by atoms with van der Waals surface area (Å²) in [5.74, 6) is -1.09. The van der Waals surface area contributed by atoms with Gasteiger partial charge in [-0.1, -0.05) is 0 Å². The van der Waals surface area contributed by atoms with Gasteiger partial charge in [0, 0.05) is 0 Å². The van der Waals surface area contributed by atoms with Gasteiger partial charge in [-0.05, 0) is 0 Å². The van der Waals surface area contributed by atoms with E-state index in [-0.39, 0.29) is 0 Å². The minimum atomic E-state index is -3.32. The summed E-state index contributed by atoms with van der Waals surface area (Å²) in [5.41, 5.74) is -3.32. The molecular formula is C2HCl6N2OP. The zero-order valence-electron chi connectivity index (χ0n) is 5.07. The molecule has 0 unspecified atom stereocenters. The van der Waals surface area contributed by atoms with Gasteiger partial charge in [-0.2, -0.15) is 0 Å². The van der Waals surface area contributed by atoms with E-state index in [0.29, 0.717) is 0 Å². The average molecular weight is 313 g/mol. The van der Waals surface area contributed by atoms with Crippen LogP contribution in [0.25, 0.3) is 0 Å². The van der Waals surface area contributed by atoms with Crippen LogP contribution in [0.4, 0.5) is 0 Å². The fourth-order valence-corrected chi connectivity index (χ4v) is 0.817. The van der Waals surface area contributed by atoms with Gasteiger partial charge in [-0.15, -0.1) is 0 Å². The summed E-state index contributed by atoms with van der Waals surface area (Å²) in [4.78, 5) is 13.8. The molecule has 12 heavy (non-hydrogen) atoms. The van der Waals surface area contributed by atoms with Gasteiger partial charge >= 0.3 is 98.5 Å². The van der Waals surface area contributed by atoms with Crippen molar-refractivity contribution in [1.29, 1.82) is 0 Å². The quantitative estimate of drug-likeness (QED) is 0.400. The molecule has 0 radical (unpaired) electrons. The molecule has 0 aromatic heterocycles. The average Bonchev–Trinajstić information content (AvgIpc) is 1.78. The molecule has 0 heterocycles. The topological polar surface area (TPSA) is 41.8 Å². The molecule has 10 heteroatoms. The molecule has 0 rings (SSSR count). The first-order chi connectivity index (χ1) is 5.13. The van der Waals surface area contributed by atoms with Crippen LogP contribution in [-0.4, -0.2) is 9.70 Å². The summed E-state index contributed by atoms with van der Waals surface area (Å²) in [7, 11) is 0. The van der Waals surface area contributed by atoms with E-state index in [1.54, 1.807) is 0 Å². The number of hydrogen-bond acceptors (Lipinski definition) is 2. The van der Waals surface area contributed by atoms with E-state index < -0.39 is 15.2 Å². The van der Waals surface area contributed by atoms with Crippen molar-refractivity contribution in [2.24, 2.45) is 10.00 Å². The van der Waals surface area contributed by atoms with Crippen LogP contribution in [0.5, 0.6) is 0 Å². The van der Waals surface area contributed by atoms with Gasteiger partial charge in [0.05, 0.1) is 0 Å². The Morgan fingerprint density at radius 1 is 1.17 bits per heavy atom. The van der Waals surface area contributed by atoms with Gasteiger partial charge in [0.1, 0.15) is 0 Å². The molecule has 1 amide bonds. The van der Waals surface area contributed by atoms with Crippen molar-refractivity contribution in [2.45, 2.75) is 3.79 Å². The van der Waals surface area contributed by atoms with E-state index in [4.69, 9.17) is 68.5 Å². The van der Waals surface area contributed by atoms with Crippen LogP contribution < -0.4 is 0 Å². The summed E-state index contributed by atoms with van der Waals surface area (Å²) in [6.45, 7) is 0. The molecule has 0 bridgehead atoms. The molecule has 72 valence electrons. The molecule has 3 nitrogen and oxygen atoms in total. The molecule has 0 saturated heterocycles. The maximum absolute atomic E-state index is 10.7. The van der Waals surface area contributed by atoms with E-state index >= 15 is 0 Å². The predicted molar refractivity (Wildman–Crippen MR) is 56.0 cm³/mol. The number of nitrogens with zero attached hydrogens (tertiary/aromatic N) is 2. The second-order valence-electron chi connectivity index (χ2n) is 1.47. The summed E-state index contributed by atoms with van der Waals surface area (Å²) >= 11 is 31.1. The summed E-state index contributed by atoms with van der Waals surface area (Å²) in [5, 5.41) is 2.92. The van der Waals surface area contributed by atoms with E-state index in [2.05, 4.69) is 10.00 Å². The fraction of sp³-hybridized carbons (Fsp3) is 0.500. The molecule has 0 fully saturated rings. The van der Waals surface area contributed by atoms with Gasteiger partial charge < -0.3 is 0 Å². The molecule has 0 aliphatic rings. The third-order valence-electron chi connectivity index (χ3n) is 0.497. The van der Waals surface area contributed by atoms with Gasteiger partial charge in [0.25, 0.3) is 0 Å². The number of alkyl halides is 3. The molecule has 0 atom stereocenters. The third kappa shape index (κ3) is 6.90. The summed E-state index contributed by atoms with van der Waals surface area (Å²) in [6.07, 6.45) is 0. The van der Waals surface area contributed by atoms with Crippen molar-refractivity contribution in [2.75, 3.05) is 0 Å². The first kappa shape index (κ1) is 13.4. The van der Waals surface area contributed by atoms with Crippen LogP contribution in [0.2, 0.25) is 0 Å². The minimum absolute atomic E-state index is 1.09. The second kappa shape index (κ2) is 4.79. The van der Waals surface area contributed by atoms with Crippen LogP contribution in [0.3, 0.4) is 0 Å². The van der Waals surface area contributed by atoms with Gasteiger partial charge in [-0.3, -0.25) is 0 Å². The molecule has 0 spiro atoms. The molecule has 0 aromatic rings. The normalized spacial score (nSPS) is 15.2. The van der Waals surface area contributed by atoms with E-state index in [1.807, 2.05) is 0 Å². The Morgan fingerprint density at radius 2 is 1.58 bits per heavy atom. The Morgan fingerprint density at radius 3 is 1.83 bits per heavy atom. The number of rotatable bonds is 1. The Hall–Kier alpha value is 1.44. The van der Waals surface area contributed by atoms with Crippen LogP contribution in [-0.2, 0) is 4.79 Å². The number of carbonyl (C=O) groups excluding carboxylic acids is 1. The number of halogens is 6. The maximum atomic E-state index is 10.7. The van der Waals surface area contributed by atoms with Gasteiger partial charge in [-0.25, -0.2) is 0 Å². The number of carbonyl (C=O) groups is 1. The zero-order chi connectivity index (χ0) is 9.99. The summed E-state index contributed by atoms with van der Waals surface area (Å²) < 4.78 is -2.16. The van der Waals surface area contributed by atoms with Crippen molar-refractivity contribution in [3.05, 3.63) is 0 Å². The van der Waals surface area contributed by atoms with Crippen molar-refractivity contribution in [1.82, 2.24) is 0 Å². The van der Waals surface area contributed by atoms with Crippen molar-refractivity contribution < 1.29 is 4.79 Å². The van der Waals surface area contributed by atoms with Crippen LogP contribution in [0.15, 0.2) is 10.00 Å². The number of hydrogen-bond donors (Lipinski definition) is 0. The second-order valence-corrected chi connectivity index (χ2v) is 11.6. The molecule has 0 N–H and O–H groups in total. The molecular weight excluding hydrogens is 312 g/mol. The van der Waals surface area contributed by atoms with Crippen molar-refractivity contribution >= 4 is 79.9 Å². The summed E-state index contributed by atoms with van der Waals surface area (Å²) in [6, 6.07) is 0. The first-order valence-electron chi connectivity index (χ1n) is 2.24. The predicted octanol–water partition coefficient (Wildman–Crippen LogP) is 4.46. The standard InChI is InChI=1S/C2HCl6N2OP/c3-2(4,5)1(11)9-10-12(6,7)8/h12H. The molecule has 0 aliphatic heterocycles.